The maximum atomic E-state index is 13.3. The third-order valence-electron chi connectivity index (χ3n) is 3.47. The second-order valence-corrected chi connectivity index (χ2v) is 5.02. The van der Waals surface area contributed by atoms with E-state index in [-0.39, 0.29) is 11.9 Å². The molecule has 0 radical (unpaired) electrons. The lowest BCUT2D eigenvalue weighted by Gasteiger charge is -2.07. The molecule has 0 aliphatic carbocycles. The van der Waals surface area contributed by atoms with E-state index in [9.17, 15) is 4.39 Å². The standard InChI is InChI=1S/C15H16FN3O/c1-9-12-7-10(16)3-4-14(12)20-15(9)13(17)8-11-5-6-19(2)18-11/h3-7,13H,8,17H2,1-2H3. The van der Waals surface area contributed by atoms with Crippen molar-refractivity contribution in [1.82, 2.24) is 9.78 Å². The van der Waals surface area contributed by atoms with E-state index in [4.69, 9.17) is 10.2 Å². The van der Waals surface area contributed by atoms with Gasteiger partial charge in [-0.2, -0.15) is 5.10 Å². The first-order valence-electron chi connectivity index (χ1n) is 6.47. The number of hydrogen-bond donors (Lipinski definition) is 1. The Balaban J connectivity index is 1.95. The molecule has 0 bridgehead atoms. The molecule has 0 amide bonds. The van der Waals surface area contributed by atoms with Crippen LogP contribution in [0.2, 0.25) is 0 Å². The molecule has 20 heavy (non-hydrogen) atoms. The van der Waals surface area contributed by atoms with Gasteiger partial charge in [-0.3, -0.25) is 4.68 Å². The monoisotopic (exact) mass is 273 g/mol. The van der Waals surface area contributed by atoms with Crippen molar-refractivity contribution in [2.45, 2.75) is 19.4 Å². The van der Waals surface area contributed by atoms with Gasteiger partial charge in [-0.05, 0) is 31.2 Å². The number of aryl methyl sites for hydroxylation is 2. The molecular weight excluding hydrogens is 257 g/mol. The second-order valence-electron chi connectivity index (χ2n) is 5.02. The number of rotatable bonds is 3. The number of furan rings is 1. The average Bonchev–Trinajstić information content (AvgIpc) is 2.94. The minimum absolute atomic E-state index is 0.272. The fourth-order valence-electron chi connectivity index (χ4n) is 2.46. The molecule has 0 saturated heterocycles. The van der Waals surface area contributed by atoms with Crippen LogP contribution in [0.15, 0.2) is 34.9 Å². The van der Waals surface area contributed by atoms with E-state index in [2.05, 4.69) is 5.10 Å². The Kier molecular flexibility index (Phi) is 3.06. The van der Waals surface area contributed by atoms with Crippen LogP contribution < -0.4 is 5.73 Å². The smallest absolute Gasteiger partial charge is 0.134 e. The van der Waals surface area contributed by atoms with Crippen molar-refractivity contribution in [3.8, 4) is 0 Å². The molecule has 3 aromatic rings. The van der Waals surface area contributed by atoms with E-state index in [1.807, 2.05) is 26.2 Å². The van der Waals surface area contributed by atoms with Crippen molar-refractivity contribution in [2.75, 3.05) is 0 Å². The van der Waals surface area contributed by atoms with Crippen LogP contribution in [0.5, 0.6) is 0 Å². The normalized spacial score (nSPS) is 13.0. The van der Waals surface area contributed by atoms with Crippen LogP contribution in [0.4, 0.5) is 4.39 Å². The lowest BCUT2D eigenvalue weighted by molar-refractivity contribution is 0.486. The highest BCUT2D eigenvalue weighted by Crippen LogP contribution is 2.30. The zero-order chi connectivity index (χ0) is 14.3. The molecule has 0 saturated carbocycles. The molecule has 0 fully saturated rings. The first-order chi connectivity index (χ1) is 9.54. The molecule has 1 aromatic carbocycles. The Bertz CT molecular complexity index is 760. The average molecular weight is 273 g/mol. The Morgan fingerprint density at radius 2 is 2.20 bits per heavy atom. The summed E-state index contributed by atoms with van der Waals surface area (Å²) in [5, 5.41) is 5.08. The summed E-state index contributed by atoms with van der Waals surface area (Å²) in [5.41, 5.74) is 8.66. The minimum Gasteiger partial charge on any atom is -0.459 e. The van der Waals surface area contributed by atoms with Gasteiger partial charge in [-0.25, -0.2) is 4.39 Å². The van der Waals surface area contributed by atoms with E-state index in [0.29, 0.717) is 17.8 Å². The fourth-order valence-corrected chi connectivity index (χ4v) is 2.46. The van der Waals surface area contributed by atoms with Crippen LogP contribution in [0.3, 0.4) is 0 Å². The van der Waals surface area contributed by atoms with Crippen LogP contribution in [-0.2, 0) is 13.5 Å². The first kappa shape index (κ1) is 12.9. The first-order valence-corrected chi connectivity index (χ1v) is 6.47. The highest BCUT2D eigenvalue weighted by Gasteiger charge is 2.18. The molecule has 0 aliphatic rings. The summed E-state index contributed by atoms with van der Waals surface area (Å²) in [5.74, 6) is 0.419. The number of halogens is 1. The molecule has 0 aliphatic heterocycles. The van der Waals surface area contributed by atoms with Crippen LogP contribution in [0.1, 0.15) is 23.1 Å². The van der Waals surface area contributed by atoms with Gasteiger partial charge < -0.3 is 10.2 Å². The van der Waals surface area contributed by atoms with Gasteiger partial charge >= 0.3 is 0 Å². The molecule has 1 unspecified atom stereocenters. The molecule has 2 N–H and O–H groups in total. The zero-order valence-corrected chi connectivity index (χ0v) is 11.4. The highest BCUT2D eigenvalue weighted by molar-refractivity contribution is 5.82. The predicted octanol–water partition coefficient (Wildman–Crippen LogP) is 2.86. The Morgan fingerprint density at radius 1 is 1.40 bits per heavy atom. The molecule has 3 rings (SSSR count). The Morgan fingerprint density at radius 3 is 2.90 bits per heavy atom. The lowest BCUT2D eigenvalue weighted by atomic mass is 10.0. The Hall–Kier alpha value is -2.14. The highest BCUT2D eigenvalue weighted by atomic mass is 19.1. The molecule has 4 nitrogen and oxygen atoms in total. The number of nitrogens with two attached hydrogens (primary N) is 1. The van der Waals surface area contributed by atoms with Crippen molar-refractivity contribution in [1.29, 1.82) is 0 Å². The summed E-state index contributed by atoms with van der Waals surface area (Å²) in [4.78, 5) is 0. The molecule has 5 heteroatoms. The van der Waals surface area contributed by atoms with Crippen molar-refractivity contribution < 1.29 is 8.81 Å². The molecule has 104 valence electrons. The summed E-state index contributed by atoms with van der Waals surface area (Å²) in [6.07, 6.45) is 2.47. The minimum atomic E-state index is -0.291. The summed E-state index contributed by atoms with van der Waals surface area (Å²) in [6.45, 7) is 1.90. The van der Waals surface area contributed by atoms with Crippen LogP contribution in [0.25, 0.3) is 11.0 Å². The topological polar surface area (TPSA) is 57.0 Å². The molecule has 2 aromatic heterocycles. The molecular formula is C15H16FN3O. The lowest BCUT2D eigenvalue weighted by Crippen LogP contribution is -2.14. The van der Waals surface area contributed by atoms with E-state index in [1.54, 1.807) is 10.7 Å². The number of nitrogens with zero attached hydrogens (tertiary/aromatic N) is 2. The quantitative estimate of drug-likeness (QED) is 0.798. The molecule has 0 spiro atoms. The van der Waals surface area contributed by atoms with Gasteiger partial charge in [-0.1, -0.05) is 0 Å². The van der Waals surface area contributed by atoms with Gasteiger partial charge in [0.05, 0.1) is 11.7 Å². The summed E-state index contributed by atoms with van der Waals surface area (Å²) >= 11 is 0. The maximum Gasteiger partial charge on any atom is 0.134 e. The van der Waals surface area contributed by atoms with Gasteiger partial charge in [0.25, 0.3) is 0 Å². The maximum absolute atomic E-state index is 13.3. The zero-order valence-electron chi connectivity index (χ0n) is 11.4. The van der Waals surface area contributed by atoms with E-state index >= 15 is 0 Å². The van der Waals surface area contributed by atoms with Crippen molar-refractivity contribution >= 4 is 11.0 Å². The number of benzene rings is 1. The predicted molar refractivity (Wildman–Crippen MR) is 74.7 cm³/mol. The van der Waals surface area contributed by atoms with Crippen LogP contribution in [0, 0.1) is 12.7 Å². The Labute approximate surface area is 116 Å². The summed E-state index contributed by atoms with van der Waals surface area (Å²) in [7, 11) is 1.87. The van der Waals surface area contributed by atoms with Gasteiger partial charge in [0.1, 0.15) is 17.2 Å². The van der Waals surface area contributed by atoms with E-state index in [1.165, 1.54) is 12.1 Å². The third kappa shape index (κ3) is 2.20. The third-order valence-corrected chi connectivity index (χ3v) is 3.47. The SMILES string of the molecule is Cc1c(C(N)Cc2ccn(C)n2)oc2ccc(F)cc12. The van der Waals surface area contributed by atoms with Gasteiger partial charge in [0, 0.05) is 30.6 Å². The second kappa shape index (κ2) is 4.76. The summed E-state index contributed by atoms with van der Waals surface area (Å²) < 4.78 is 20.8. The van der Waals surface area contributed by atoms with Crippen LogP contribution in [-0.4, -0.2) is 9.78 Å². The van der Waals surface area contributed by atoms with E-state index in [0.717, 1.165) is 16.6 Å². The number of hydrogen-bond acceptors (Lipinski definition) is 3. The van der Waals surface area contributed by atoms with Crippen molar-refractivity contribution in [3.05, 3.63) is 53.3 Å². The molecule has 2 heterocycles. The largest absolute Gasteiger partial charge is 0.459 e. The van der Waals surface area contributed by atoms with Gasteiger partial charge in [0.2, 0.25) is 0 Å². The van der Waals surface area contributed by atoms with Crippen molar-refractivity contribution in [3.63, 3.8) is 0 Å². The van der Waals surface area contributed by atoms with Crippen molar-refractivity contribution in [2.24, 2.45) is 12.8 Å². The van der Waals surface area contributed by atoms with E-state index < -0.39 is 0 Å². The van der Waals surface area contributed by atoms with Crippen LogP contribution >= 0.6 is 0 Å². The molecule has 1 atom stereocenters. The number of fused-ring (bicyclic) bond motifs is 1. The van der Waals surface area contributed by atoms with Gasteiger partial charge in [-0.15, -0.1) is 0 Å². The van der Waals surface area contributed by atoms with Gasteiger partial charge in [0.15, 0.2) is 0 Å². The summed E-state index contributed by atoms with van der Waals surface area (Å²) in [6, 6.07) is 6.14. The number of aromatic nitrogens is 2. The fraction of sp³-hybridized carbons (Fsp3) is 0.267.